The number of hydrogen-bond donors (Lipinski definition) is 1. The van der Waals surface area contributed by atoms with Crippen LogP contribution in [0.15, 0.2) is 83.9 Å². The molecular formula is C32H37N5O4S. The number of hydrogen-bond acceptors (Lipinski definition) is 7. The Labute approximate surface area is 247 Å². The maximum atomic E-state index is 13.6. The van der Waals surface area contributed by atoms with E-state index in [1.807, 2.05) is 36.4 Å². The summed E-state index contributed by atoms with van der Waals surface area (Å²) in [7, 11) is -3.75. The van der Waals surface area contributed by atoms with Gasteiger partial charge in [-0.15, -0.1) is 0 Å². The van der Waals surface area contributed by atoms with Crippen LogP contribution in [0.3, 0.4) is 0 Å². The number of sulfonamides is 1. The molecule has 2 aromatic carbocycles. The van der Waals surface area contributed by atoms with Crippen LogP contribution >= 0.6 is 0 Å². The van der Waals surface area contributed by atoms with E-state index >= 15 is 0 Å². The van der Waals surface area contributed by atoms with Gasteiger partial charge in [0.2, 0.25) is 10.0 Å². The molecule has 0 radical (unpaired) electrons. The molecule has 10 heteroatoms. The van der Waals surface area contributed by atoms with E-state index in [4.69, 9.17) is 9.72 Å². The second-order valence-electron chi connectivity index (χ2n) is 10.3. The van der Waals surface area contributed by atoms with Crippen molar-refractivity contribution < 1.29 is 17.9 Å². The van der Waals surface area contributed by atoms with E-state index in [1.54, 1.807) is 30.5 Å². The number of aromatic nitrogens is 2. The van der Waals surface area contributed by atoms with Gasteiger partial charge in [0, 0.05) is 50.0 Å². The molecule has 1 aliphatic heterocycles. The quantitative estimate of drug-likeness (QED) is 0.239. The van der Waals surface area contributed by atoms with Gasteiger partial charge < -0.3 is 15.0 Å². The number of rotatable bonds is 12. The predicted molar refractivity (Wildman–Crippen MR) is 165 cm³/mol. The Hall–Kier alpha value is -3.86. The Morgan fingerprint density at radius 2 is 1.71 bits per heavy atom. The molecule has 2 aromatic heterocycles. The van der Waals surface area contributed by atoms with E-state index in [0.717, 1.165) is 32.4 Å². The molecule has 9 nitrogen and oxygen atoms in total. The topological polar surface area (TPSA) is 105 Å². The fourth-order valence-electron chi connectivity index (χ4n) is 5.06. The molecule has 220 valence electrons. The molecule has 3 heterocycles. The summed E-state index contributed by atoms with van der Waals surface area (Å²) in [4.78, 5) is 25.3. The second kappa shape index (κ2) is 13.9. The second-order valence-corrected chi connectivity index (χ2v) is 12.2. The first-order chi connectivity index (χ1) is 20.5. The smallest absolute Gasteiger partial charge is 0.252 e. The molecule has 1 saturated heterocycles. The summed E-state index contributed by atoms with van der Waals surface area (Å²) in [5, 5.41) is 3.55. The molecule has 0 atom stereocenters. The molecule has 1 aliphatic rings. The van der Waals surface area contributed by atoms with Gasteiger partial charge in [-0.25, -0.2) is 13.4 Å². The zero-order chi connectivity index (χ0) is 29.4. The lowest BCUT2D eigenvalue weighted by molar-refractivity contribution is 0.0730. The van der Waals surface area contributed by atoms with Crippen LogP contribution in [0.4, 0.5) is 5.69 Å². The molecule has 5 rings (SSSR count). The Morgan fingerprint density at radius 3 is 2.45 bits per heavy atom. The highest BCUT2D eigenvalue weighted by Gasteiger charge is 2.27. The van der Waals surface area contributed by atoms with Crippen molar-refractivity contribution in [2.75, 3.05) is 50.8 Å². The van der Waals surface area contributed by atoms with E-state index in [2.05, 4.69) is 34.3 Å². The van der Waals surface area contributed by atoms with Crippen molar-refractivity contribution in [1.82, 2.24) is 19.6 Å². The number of anilines is 1. The minimum absolute atomic E-state index is 0.132. The van der Waals surface area contributed by atoms with Gasteiger partial charge in [-0.3, -0.25) is 9.78 Å². The third kappa shape index (κ3) is 6.95. The number of ether oxygens (including phenoxy) is 1. The molecule has 42 heavy (non-hydrogen) atoms. The first-order valence-electron chi connectivity index (χ1n) is 14.5. The minimum atomic E-state index is -3.75. The Kier molecular flexibility index (Phi) is 9.78. The summed E-state index contributed by atoms with van der Waals surface area (Å²) >= 11 is 0. The number of morpholine rings is 1. The number of nitrogens with one attached hydrogen (secondary N) is 1. The van der Waals surface area contributed by atoms with Crippen LogP contribution in [-0.4, -0.2) is 74.5 Å². The van der Waals surface area contributed by atoms with E-state index in [9.17, 15) is 13.2 Å². The van der Waals surface area contributed by atoms with Crippen molar-refractivity contribution in [3.63, 3.8) is 0 Å². The van der Waals surface area contributed by atoms with E-state index in [-0.39, 0.29) is 10.8 Å². The fraction of sp³-hybridized carbons (Fsp3) is 0.344. The van der Waals surface area contributed by atoms with Gasteiger partial charge in [0.05, 0.1) is 40.6 Å². The number of nitrogens with zero attached hydrogens (tertiary/aromatic N) is 4. The number of unbranched alkanes of at least 4 members (excludes halogenated alkanes) is 1. The lowest BCUT2D eigenvalue weighted by Gasteiger charge is -2.26. The van der Waals surface area contributed by atoms with E-state index in [1.165, 1.54) is 9.99 Å². The van der Waals surface area contributed by atoms with Crippen molar-refractivity contribution in [2.45, 2.75) is 31.1 Å². The first-order valence-corrected chi connectivity index (χ1v) is 15.9. The van der Waals surface area contributed by atoms with Crippen molar-refractivity contribution in [1.29, 1.82) is 0 Å². The zero-order valence-electron chi connectivity index (χ0n) is 23.9. The number of pyridine rings is 2. The van der Waals surface area contributed by atoms with Crippen molar-refractivity contribution in [3.05, 3.63) is 84.6 Å². The molecule has 1 N–H and O–H groups in total. The number of fused-ring (bicyclic) bond motifs is 1. The number of carbonyl (C=O) groups excluding carboxylic acids is 1. The van der Waals surface area contributed by atoms with Crippen LogP contribution in [0.25, 0.3) is 22.3 Å². The van der Waals surface area contributed by atoms with Gasteiger partial charge in [0.25, 0.3) is 5.91 Å². The van der Waals surface area contributed by atoms with Gasteiger partial charge in [0.15, 0.2) is 0 Å². The largest absolute Gasteiger partial charge is 0.379 e. The average Bonchev–Trinajstić information content (AvgIpc) is 3.04. The lowest BCUT2D eigenvalue weighted by atomic mass is 10.1. The number of amides is 1. The molecule has 0 spiro atoms. The fourth-order valence-corrected chi connectivity index (χ4v) is 6.49. The van der Waals surface area contributed by atoms with Crippen molar-refractivity contribution in [2.24, 2.45) is 0 Å². The Balaban J connectivity index is 1.40. The van der Waals surface area contributed by atoms with Crippen LogP contribution in [0, 0.1) is 0 Å². The number of benzene rings is 2. The highest BCUT2D eigenvalue weighted by atomic mass is 32.2. The lowest BCUT2D eigenvalue weighted by Crippen LogP contribution is -2.40. The third-order valence-corrected chi connectivity index (χ3v) is 9.25. The molecule has 1 amide bonds. The molecule has 0 saturated carbocycles. The monoisotopic (exact) mass is 587 g/mol. The van der Waals surface area contributed by atoms with Crippen LogP contribution in [0.5, 0.6) is 0 Å². The summed E-state index contributed by atoms with van der Waals surface area (Å²) < 4.78 is 33.6. The van der Waals surface area contributed by atoms with Gasteiger partial charge in [-0.2, -0.15) is 4.31 Å². The van der Waals surface area contributed by atoms with Crippen LogP contribution < -0.4 is 10.2 Å². The maximum absolute atomic E-state index is 13.6. The standard InChI is InChI=1S/C32H37N5O4S/c1-2-3-17-36(25-10-5-4-6-11-25)18-9-16-34-32(38)28-24-31(30-12-7-8-15-33-30)35-29-14-13-26(23-27(28)29)42(39,40)37-19-21-41-22-20-37/h4-8,10-15,23-24H,2-3,9,16-22H2,1H3,(H,34,38). The molecule has 0 aliphatic carbocycles. The molecule has 1 fully saturated rings. The van der Waals surface area contributed by atoms with Crippen molar-refractivity contribution >= 4 is 32.5 Å². The molecule has 0 bridgehead atoms. The summed E-state index contributed by atoms with van der Waals surface area (Å²) in [5.41, 5.74) is 3.25. The normalized spacial score (nSPS) is 14.1. The predicted octanol–water partition coefficient (Wildman–Crippen LogP) is 4.74. The summed E-state index contributed by atoms with van der Waals surface area (Å²) in [6.07, 6.45) is 4.64. The SMILES string of the molecule is CCCCN(CCCNC(=O)c1cc(-c2ccccn2)nc2ccc(S(=O)(=O)N3CCOCC3)cc12)c1ccccc1. The number of carbonyl (C=O) groups is 1. The van der Waals surface area contributed by atoms with Gasteiger partial charge >= 0.3 is 0 Å². The highest BCUT2D eigenvalue weighted by Crippen LogP contribution is 2.28. The van der Waals surface area contributed by atoms with E-state index < -0.39 is 10.0 Å². The van der Waals surface area contributed by atoms with Crippen molar-refractivity contribution in [3.8, 4) is 11.4 Å². The average molecular weight is 588 g/mol. The highest BCUT2D eigenvalue weighted by molar-refractivity contribution is 7.89. The minimum Gasteiger partial charge on any atom is -0.379 e. The van der Waals surface area contributed by atoms with Crippen LogP contribution in [0.1, 0.15) is 36.5 Å². The van der Waals surface area contributed by atoms with Crippen LogP contribution in [-0.2, 0) is 14.8 Å². The summed E-state index contributed by atoms with van der Waals surface area (Å²) in [6, 6.07) is 22.3. The summed E-state index contributed by atoms with van der Waals surface area (Å²) in [6.45, 7) is 5.72. The molecule has 4 aromatic rings. The number of para-hydroxylation sites is 1. The van der Waals surface area contributed by atoms with Gasteiger partial charge in [-0.1, -0.05) is 37.6 Å². The zero-order valence-corrected chi connectivity index (χ0v) is 24.7. The first kappa shape index (κ1) is 29.6. The summed E-state index contributed by atoms with van der Waals surface area (Å²) in [5.74, 6) is -0.277. The van der Waals surface area contributed by atoms with E-state index in [0.29, 0.717) is 60.7 Å². The Bertz CT molecular complexity index is 1590. The van der Waals surface area contributed by atoms with Crippen LogP contribution in [0.2, 0.25) is 0 Å². The Morgan fingerprint density at radius 1 is 0.952 bits per heavy atom. The van der Waals surface area contributed by atoms with Gasteiger partial charge in [0.1, 0.15) is 0 Å². The molecular weight excluding hydrogens is 550 g/mol. The maximum Gasteiger partial charge on any atom is 0.252 e. The van der Waals surface area contributed by atoms with Gasteiger partial charge in [-0.05, 0) is 61.4 Å². The third-order valence-electron chi connectivity index (χ3n) is 7.35. The molecule has 0 unspecified atom stereocenters.